The predicted molar refractivity (Wildman–Crippen MR) is 141 cm³/mol. The van der Waals surface area contributed by atoms with Crippen LogP contribution in [0.25, 0.3) is 5.69 Å². The van der Waals surface area contributed by atoms with E-state index in [-0.39, 0.29) is 27.1 Å². The molecule has 194 valence electrons. The molecule has 0 spiro atoms. The van der Waals surface area contributed by atoms with Crippen LogP contribution in [0.3, 0.4) is 0 Å². The SMILES string of the molecule is NC(=O)c1c2c(n(-c3cccc(F)c3)c1Cl)CCN(C(=O)Nc1ccc(S(=O)(=O)c3ccccc3)cc1)C2. The molecule has 0 fully saturated rings. The number of rotatable bonds is 5. The Morgan fingerprint density at radius 1 is 0.947 bits per heavy atom. The highest BCUT2D eigenvalue weighted by molar-refractivity contribution is 7.91. The number of aromatic nitrogens is 1. The number of fused-ring (bicyclic) bond motifs is 1. The van der Waals surface area contributed by atoms with Gasteiger partial charge in [-0.25, -0.2) is 17.6 Å². The van der Waals surface area contributed by atoms with Crippen LogP contribution in [0.4, 0.5) is 14.9 Å². The zero-order valence-corrected chi connectivity index (χ0v) is 21.5. The molecule has 8 nitrogen and oxygen atoms in total. The second-order valence-corrected chi connectivity index (χ2v) is 11.0. The molecule has 3 aromatic carbocycles. The number of halogens is 2. The largest absolute Gasteiger partial charge is 0.365 e. The van der Waals surface area contributed by atoms with E-state index >= 15 is 0 Å². The Hall–Kier alpha value is -4.15. The molecule has 3 amide bonds. The van der Waals surface area contributed by atoms with Crippen molar-refractivity contribution < 1.29 is 22.4 Å². The summed E-state index contributed by atoms with van der Waals surface area (Å²) in [6.07, 6.45) is 0.348. The summed E-state index contributed by atoms with van der Waals surface area (Å²) >= 11 is 6.53. The summed E-state index contributed by atoms with van der Waals surface area (Å²) in [5, 5.41) is 2.82. The van der Waals surface area contributed by atoms with Crippen molar-refractivity contribution in [3.63, 3.8) is 0 Å². The number of hydrogen-bond donors (Lipinski definition) is 2. The molecule has 5 rings (SSSR count). The first-order chi connectivity index (χ1) is 18.2. The van der Waals surface area contributed by atoms with Crippen molar-refractivity contribution in [3.8, 4) is 5.69 Å². The maximum Gasteiger partial charge on any atom is 0.322 e. The Morgan fingerprint density at radius 3 is 2.29 bits per heavy atom. The number of hydrogen-bond acceptors (Lipinski definition) is 4. The van der Waals surface area contributed by atoms with E-state index in [0.717, 1.165) is 0 Å². The first-order valence-electron chi connectivity index (χ1n) is 11.6. The molecule has 1 aliphatic rings. The van der Waals surface area contributed by atoms with Crippen molar-refractivity contribution in [3.05, 3.63) is 107 Å². The van der Waals surface area contributed by atoms with Crippen LogP contribution < -0.4 is 11.1 Å². The van der Waals surface area contributed by atoms with Crippen molar-refractivity contribution in [1.82, 2.24) is 9.47 Å². The van der Waals surface area contributed by atoms with Crippen LogP contribution in [0.1, 0.15) is 21.6 Å². The van der Waals surface area contributed by atoms with Crippen LogP contribution in [0, 0.1) is 5.82 Å². The van der Waals surface area contributed by atoms with E-state index in [2.05, 4.69) is 5.32 Å². The lowest BCUT2D eigenvalue weighted by Gasteiger charge is -2.28. The summed E-state index contributed by atoms with van der Waals surface area (Å²) in [6.45, 7) is 0.356. The van der Waals surface area contributed by atoms with E-state index in [0.29, 0.717) is 35.6 Å². The average molecular weight is 553 g/mol. The Morgan fingerprint density at radius 2 is 1.63 bits per heavy atom. The number of nitrogens with zero attached hydrogens (tertiary/aromatic N) is 2. The molecule has 0 unspecified atom stereocenters. The normalized spacial score (nSPS) is 13.2. The third-order valence-corrected chi connectivity index (χ3v) is 8.50. The second kappa shape index (κ2) is 9.96. The minimum Gasteiger partial charge on any atom is -0.365 e. The number of amides is 3. The van der Waals surface area contributed by atoms with Gasteiger partial charge in [0.1, 0.15) is 11.0 Å². The summed E-state index contributed by atoms with van der Waals surface area (Å²) in [6, 6.07) is 19.3. The summed E-state index contributed by atoms with van der Waals surface area (Å²) in [5.74, 6) is -1.21. The minimum atomic E-state index is -3.68. The molecule has 0 aliphatic carbocycles. The zero-order valence-electron chi connectivity index (χ0n) is 19.9. The standard InChI is InChI=1S/C27H22ClFN4O4S/c28-25-24(26(30)34)22-16-32(14-13-23(22)33(25)19-6-4-5-17(29)15-19)27(35)31-18-9-11-21(12-10-18)38(36,37)20-7-2-1-3-8-20/h1-12,15H,13-14,16H2,(H2,30,34)(H,31,35). The van der Waals surface area contributed by atoms with Gasteiger partial charge in [0.25, 0.3) is 5.91 Å². The van der Waals surface area contributed by atoms with Gasteiger partial charge in [0.15, 0.2) is 0 Å². The van der Waals surface area contributed by atoms with Crippen molar-refractivity contribution in [2.45, 2.75) is 22.8 Å². The Bertz CT molecular complexity index is 1650. The average Bonchev–Trinajstić information content (AvgIpc) is 3.20. The predicted octanol–water partition coefficient (Wildman–Crippen LogP) is 4.79. The highest BCUT2D eigenvalue weighted by Crippen LogP contribution is 2.35. The first-order valence-corrected chi connectivity index (χ1v) is 13.5. The van der Waals surface area contributed by atoms with Crippen LogP contribution in [-0.2, 0) is 22.8 Å². The lowest BCUT2D eigenvalue weighted by atomic mass is 10.0. The highest BCUT2D eigenvalue weighted by Gasteiger charge is 2.32. The van der Waals surface area contributed by atoms with Crippen LogP contribution in [0.15, 0.2) is 88.7 Å². The van der Waals surface area contributed by atoms with Gasteiger partial charge in [-0.1, -0.05) is 35.9 Å². The molecule has 0 saturated carbocycles. The van der Waals surface area contributed by atoms with Crippen molar-refractivity contribution in [1.29, 1.82) is 0 Å². The van der Waals surface area contributed by atoms with E-state index < -0.39 is 27.6 Å². The van der Waals surface area contributed by atoms with E-state index in [4.69, 9.17) is 17.3 Å². The van der Waals surface area contributed by atoms with Gasteiger partial charge < -0.3 is 20.5 Å². The number of urea groups is 1. The van der Waals surface area contributed by atoms with E-state index in [1.54, 1.807) is 28.8 Å². The number of carbonyl (C=O) groups excluding carboxylic acids is 2. The molecule has 1 aromatic heterocycles. The van der Waals surface area contributed by atoms with Gasteiger partial charge in [-0.15, -0.1) is 0 Å². The maximum atomic E-state index is 13.9. The quantitative estimate of drug-likeness (QED) is 0.370. The van der Waals surface area contributed by atoms with Crippen LogP contribution in [-0.4, -0.2) is 36.4 Å². The fraction of sp³-hybridized carbons (Fsp3) is 0.111. The molecule has 0 saturated heterocycles. The molecule has 4 aromatic rings. The fourth-order valence-corrected chi connectivity index (χ4v) is 6.23. The minimum absolute atomic E-state index is 0.0575. The van der Waals surface area contributed by atoms with Crippen LogP contribution in [0.2, 0.25) is 5.15 Å². The molecular weight excluding hydrogens is 531 g/mol. The maximum absolute atomic E-state index is 13.9. The second-order valence-electron chi connectivity index (χ2n) is 8.71. The van der Waals surface area contributed by atoms with Gasteiger partial charge in [-0.3, -0.25) is 4.79 Å². The molecule has 1 aliphatic heterocycles. The molecule has 11 heteroatoms. The lowest BCUT2D eigenvalue weighted by Crippen LogP contribution is -2.39. The Balaban J connectivity index is 1.37. The van der Waals surface area contributed by atoms with Crippen LogP contribution >= 0.6 is 11.6 Å². The number of benzene rings is 3. The molecule has 0 bridgehead atoms. The number of primary amides is 1. The van der Waals surface area contributed by atoms with E-state index in [9.17, 15) is 22.4 Å². The number of nitrogens with one attached hydrogen (secondary N) is 1. The van der Waals surface area contributed by atoms with Crippen molar-refractivity contribution >= 4 is 39.1 Å². The summed E-state index contributed by atoms with van der Waals surface area (Å²) in [7, 11) is -3.68. The molecular formula is C27H22ClFN4O4S. The molecule has 2 heterocycles. The highest BCUT2D eigenvalue weighted by atomic mass is 35.5. The molecule has 0 radical (unpaired) electrons. The van der Waals surface area contributed by atoms with Gasteiger partial charge >= 0.3 is 6.03 Å². The number of anilines is 1. The van der Waals surface area contributed by atoms with E-state index in [1.165, 1.54) is 59.5 Å². The zero-order chi connectivity index (χ0) is 27.0. The third kappa shape index (κ3) is 4.64. The van der Waals surface area contributed by atoms with Gasteiger partial charge in [-0.2, -0.15) is 0 Å². The molecule has 0 atom stereocenters. The van der Waals surface area contributed by atoms with Gasteiger partial charge in [0, 0.05) is 35.6 Å². The number of sulfone groups is 1. The monoisotopic (exact) mass is 552 g/mol. The van der Waals surface area contributed by atoms with Gasteiger partial charge in [0.05, 0.1) is 21.9 Å². The van der Waals surface area contributed by atoms with E-state index in [1.807, 2.05) is 0 Å². The lowest BCUT2D eigenvalue weighted by molar-refractivity contribution is 0.0998. The van der Waals surface area contributed by atoms with Gasteiger partial charge in [0.2, 0.25) is 9.84 Å². The summed E-state index contributed by atoms with van der Waals surface area (Å²) in [5.41, 5.74) is 7.72. The Kier molecular flexibility index (Phi) is 6.68. The van der Waals surface area contributed by atoms with Crippen LogP contribution in [0.5, 0.6) is 0 Å². The number of carbonyl (C=O) groups is 2. The fourth-order valence-electron chi connectivity index (χ4n) is 4.54. The molecule has 3 N–H and O–H groups in total. The third-order valence-electron chi connectivity index (χ3n) is 6.36. The van der Waals surface area contributed by atoms with Gasteiger partial charge in [-0.05, 0) is 54.6 Å². The number of nitrogens with two attached hydrogens (primary N) is 1. The topological polar surface area (TPSA) is 114 Å². The van der Waals surface area contributed by atoms with Crippen molar-refractivity contribution in [2.75, 3.05) is 11.9 Å². The summed E-state index contributed by atoms with van der Waals surface area (Å²) < 4.78 is 41.1. The smallest absolute Gasteiger partial charge is 0.322 e. The van der Waals surface area contributed by atoms with Crippen molar-refractivity contribution in [2.24, 2.45) is 5.73 Å². The summed E-state index contributed by atoms with van der Waals surface area (Å²) in [4.78, 5) is 27.1. The Labute approximate surface area is 223 Å². The molecule has 38 heavy (non-hydrogen) atoms. The first kappa shape index (κ1) is 25.5.